The molecule has 0 unspecified atom stereocenters. The molecular weight excluding hydrogens is 483 g/mol. The van der Waals surface area contributed by atoms with Gasteiger partial charge in [-0.05, 0) is 73.8 Å². The fraction of sp³-hybridized carbons (Fsp3) is 0.480. The molecule has 2 aromatic carbocycles. The van der Waals surface area contributed by atoms with E-state index >= 15 is 0 Å². The second kappa shape index (κ2) is 11.4. The van der Waals surface area contributed by atoms with Crippen LogP contribution in [0.15, 0.2) is 24.3 Å². The predicted octanol–water partition coefficient (Wildman–Crippen LogP) is 4.45. The molecule has 0 atom stereocenters. The molecule has 0 aliphatic carbocycles. The third-order valence-electron chi connectivity index (χ3n) is 6.30. The van der Waals surface area contributed by atoms with Crippen LogP contribution < -0.4 is 15.2 Å². The zero-order valence-corrected chi connectivity index (χ0v) is 20.9. The molecule has 6 nitrogen and oxygen atoms in total. The van der Waals surface area contributed by atoms with Crippen LogP contribution >= 0.6 is 11.6 Å². The minimum absolute atomic E-state index is 0.0646. The Bertz CT molecular complexity index is 1060. The quantitative estimate of drug-likeness (QED) is 0.502. The van der Waals surface area contributed by atoms with E-state index in [1.807, 2.05) is 29.0 Å². The molecule has 0 saturated heterocycles. The number of alkyl halides is 3. The van der Waals surface area contributed by atoms with Gasteiger partial charge in [0.1, 0.15) is 0 Å². The number of nitrogen functional groups attached to an aromatic ring is 1. The van der Waals surface area contributed by atoms with Gasteiger partial charge >= 0.3 is 6.18 Å². The van der Waals surface area contributed by atoms with Crippen LogP contribution in [0, 0.1) is 0 Å². The van der Waals surface area contributed by atoms with Gasteiger partial charge in [-0.25, -0.2) is 0 Å². The van der Waals surface area contributed by atoms with E-state index in [1.54, 1.807) is 14.2 Å². The van der Waals surface area contributed by atoms with Gasteiger partial charge < -0.3 is 25.0 Å². The molecule has 10 heteroatoms. The van der Waals surface area contributed by atoms with Crippen LogP contribution in [0.25, 0.3) is 0 Å². The van der Waals surface area contributed by atoms with Crippen LogP contribution in [0.3, 0.4) is 0 Å². The van der Waals surface area contributed by atoms with Gasteiger partial charge in [0.15, 0.2) is 11.5 Å². The summed E-state index contributed by atoms with van der Waals surface area (Å²) < 4.78 is 50.3. The highest BCUT2D eigenvalue weighted by Gasteiger charge is 2.34. The van der Waals surface area contributed by atoms with Gasteiger partial charge in [0.05, 0.1) is 36.9 Å². The largest absolute Gasteiger partial charge is 0.493 e. The van der Waals surface area contributed by atoms with Crippen molar-refractivity contribution < 1.29 is 27.4 Å². The van der Waals surface area contributed by atoms with Gasteiger partial charge in [-0.2, -0.15) is 13.2 Å². The summed E-state index contributed by atoms with van der Waals surface area (Å²) in [5.41, 5.74) is 6.66. The highest BCUT2D eigenvalue weighted by Crippen LogP contribution is 2.38. The molecule has 1 aliphatic heterocycles. The fourth-order valence-corrected chi connectivity index (χ4v) is 4.51. The summed E-state index contributed by atoms with van der Waals surface area (Å²) in [4.78, 5) is 16.7. The fourth-order valence-electron chi connectivity index (χ4n) is 4.27. The van der Waals surface area contributed by atoms with E-state index in [1.165, 1.54) is 6.07 Å². The lowest BCUT2D eigenvalue weighted by molar-refractivity contribution is -0.137. The van der Waals surface area contributed by atoms with E-state index in [4.69, 9.17) is 26.8 Å². The van der Waals surface area contributed by atoms with Crippen molar-refractivity contribution in [3.05, 3.63) is 51.5 Å². The molecule has 0 fully saturated rings. The second-order valence-corrected chi connectivity index (χ2v) is 9.13. The first-order valence-electron chi connectivity index (χ1n) is 11.4. The first-order chi connectivity index (χ1) is 16.5. The van der Waals surface area contributed by atoms with Crippen LogP contribution in [0.1, 0.15) is 28.7 Å². The number of rotatable bonds is 9. The van der Waals surface area contributed by atoms with Crippen molar-refractivity contribution in [1.82, 2.24) is 9.80 Å². The second-order valence-electron chi connectivity index (χ2n) is 8.73. The number of carbonyl (C=O) groups is 1. The minimum Gasteiger partial charge on any atom is -0.493 e. The standard InChI is InChI=1S/C25H31ClF3N3O3/c1-31(9-5-16-11-19(25(27,28)29)24(30)20(26)12-16)7-4-8-32-10-6-17-13-21(34-2)22(35-3)14-18(17)15-23(32)33/h11-14H,4-10,15,30H2,1-3H3. The molecule has 1 amide bonds. The number of ether oxygens (including phenoxy) is 2. The molecule has 0 aromatic heterocycles. The molecule has 2 N–H and O–H groups in total. The summed E-state index contributed by atoms with van der Waals surface area (Å²) in [6.07, 6.45) is -2.35. The summed E-state index contributed by atoms with van der Waals surface area (Å²) in [5, 5.41) is -0.0895. The van der Waals surface area contributed by atoms with Crippen molar-refractivity contribution in [2.24, 2.45) is 0 Å². The van der Waals surface area contributed by atoms with Crippen molar-refractivity contribution in [2.75, 3.05) is 53.2 Å². The lowest BCUT2D eigenvalue weighted by Gasteiger charge is -2.23. The van der Waals surface area contributed by atoms with Crippen molar-refractivity contribution in [1.29, 1.82) is 0 Å². The number of methoxy groups -OCH3 is 2. The molecule has 0 spiro atoms. The maximum atomic E-state index is 13.2. The molecule has 1 aliphatic rings. The number of carbonyl (C=O) groups excluding carboxylic acids is 1. The normalized spacial score (nSPS) is 14.2. The average molecular weight is 514 g/mol. The number of nitrogens with two attached hydrogens (primary N) is 1. The van der Waals surface area contributed by atoms with Gasteiger partial charge in [-0.3, -0.25) is 4.79 Å². The number of nitrogens with zero attached hydrogens (tertiary/aromatic N) is 2. The van der Waals surface area contributed by atoms with Gasteiger partial charge in [-0.15, -0.1) is 0 Å². The van der Waals surface area contributed by atoms with E-state index in [9.17, 15) is 18.0 Å². The number of likely N-dealkylation sites (N-methyl/N-ethyl adjacent to an activating group) is 1. The molecule has 1 heterocycles. The number of fused-ring (bicyclic) bond motifs is 1. The van der Waals surface area contributed by atoms with E-state index in [0.29, 0.717) is 56.1 Å². The Morgan fingerprint density at radius 1 is 1.09 bits per heavy atom. The van der Waals surface area contributed by atoms with E-state index in [2.05, 4.69) is 0 Å². The highest BCUT2D eigenvalue weighted by atomic mass is 35.5. The topological polar surface area (TPSA) is 68.0 Å². The van der Waals surface area contributed by atoms with Gasteiger partial charge in [0.25, 0.3) is 0 Å². The molecule has 35 heavy (non-hydrogen) atoms. The maximum Gasteiger partial charge on any atom is 0.418 e. The molecule has 0 bridgehead atoms. The van der Waals surface area contributed by atoms with Gasteiger partial charge in [-0.1, -0.05) is 11.6 Å². The number of amides is 1. The molecule has 192 valence electrons. The van der Waals surface area contributed by atoms with Crippen LogP contribution in [-0.2, 0) is 30.2 Å². The van der Waals surface area contributed by atoms with E-state index < -0.39 is 17.4 Å². The zero-order chi connectivity index (χ0) is 25.8. The Kier molecular flexibility index (Phi) is 8.77. The average Bonchev–Trinajstić information content (AvgIpc) is 2.95. The molecule has 2 aromatic rings. The molecule has 0 saturated carbocycles. The number of halogens is 4. The monoisotopic (exact) mass is 513 g/mol. The Morgan fingerprint density at radius 2 is 1.74 bits per heavy atom. The van der Waals surface area contributed by atoms with E-state index in [0.717, 1.165) is 30.0 Å². The molecular formula is C25H31ClF3N3O3. The smallest absolute Gasteiger partial charge is 0.418 e. The Hall–Kier alpha value is -2.65. The van der Waals surface area contributed by atoms with E-state index in [-0.39, 0.29) is 10.9 Å². The lowest BCUT2D eigenvalue weighted by atomic mass is 10.0. The Balaban J connectivity index is 1.51. The summed E-state index contributed by atoms with van der Waals surface area (Å²) in [7, 11) is 5.07. The van der Waals surface area contributed by atoms with Crippen LogP contribution in [0.4, 0.5) is 18.9 Å². The number of benzene rings is 2. The van der Waals surface area contributed by atoms with Crippen molar-refractivity contribution in [2.45, 2.75) is 31.9 Å². The van der Waals surface area contributed by atoms with Crippen LogP contribution in [0.2, 0.25) is 5.02 Å². The summed E-state index contributed by atoms with van der Waals surface area (Å²) in [6, 6.07) is 6.35. The first-order valence-corrected chi connectivity index (χ1v) is 11.8. The molecule has 0 radical (unpaired) electrons. The van der Waals surface area contributed by atoms with Crippen molar-refractivity contribution in [3.8, 4) is 11.5 Å². The minimum atomic E-state index is -4.55. The van der Waals surface area contributed by atoms with Gasteiger partial charge in [0.2, 0.25) is 5.91 Å². The number of anilines is 1. The van der Waals surface area contributed by atoms with Crippen molar-refractivity contribution in [3.63, 3.8) is 0 Å². The third kappa shape index (κ3) is 6.73. The van der Waals surface area contributed by atoms with Crippen LogP contribution in [0.5, 0.6) is 11.5 Å². The van der Waals surface area contributed by atoms with Gasteiger partial charge in [0, 0.05) is 19.6 Å². The number of hydrogen-bond acceptors (Lipinski definition) is 5. The lowest BCUT2D eigenvalue weighted by Crippen LogP contribution is -2.35. The van der Waals surface area contributed by atoms with Crippen LogP contribution in [-0.4, -0.2) is 63.2 Å². The SMILES string of the molecule is COc1cc2c(cc1OC)CC(=O)N(CCCN(C)CCc1cc(Cl)c(N)c(C(F)(F)F)c1)CC2. The zero-order valence-electron chi connectivity index (χ0n) is 20.2. The summed E-state index contributed by atoms with van der Waals surface area (Å²) >= 11 is 5.91. The Labute approximate surface area is 208 Å². The first kappa shape index (κ1) is 26.9. The summed E-state index contributed by atoms with van der Waals surface area (Å²) in [5.74, 6) is 1.33. The number of hydrogen-bond donors (Lipinski definition) is 1. The van der Waals surface area contributed by atoms with Crippen molar-refractivity contribution >= 4 is 23.2 Å². The third-order valence-corrected chi connectivity index (χ3v) is 6.61. The Morgan fingerprint density at radius 3 is 2.37 bits per heavy atom. The summed E-state index contributed by atoms with van der Waals surface area (Å²) in [6.45, 7) is 2.48. The highest BCUT2D eigenvalue weighted by molar-refractivity contribution is 6.33. The molecule has 3 rings (SSSR count). The predicted molar refractivity (Wildman–Crippen MR) is 130 cm³/mol. The maximum absolute atomic E-state index is 13.2.